The molecule has 2 aromatic rings. The number of hydrogen-bond acceptors (Lipinski definition) is 5. The number of nitro benzene ring substituents is 1. The summed E-state index contributed by atoms with van der Waals surface area (Å²) >= 11 is 0. The number of nitrogens with zero attached hydrogens (tertiary/aromatic N) is 1. The molecule has 2 rings (SSSR count). The van der Waals surface area contributed by atoms with Crippen LogP contribution in [0.25, 0.3) is 0 Å². The van der Waals surface area contributed by atoms with Gasteiger partial charge in [-0.05, 0) is 44.2 Å². The molecule has 1 amide bonds. The van der Waals surface area contributed by atoms with E-state index in [1.54, 1.807) is 13.8 Å². The van der Waals surface area contributed by atoms with Crippen LogP contribution in [0.5, 0.6) is 0 Å². The maximum absolute atomic E-state index is 12.2. The van der Waals surface area contributed by atoms with Crippen molar-refractivity contribution in [2.45, 2.75) is 24.8 Å². The average Bonchev–Trinajstić information content (AvgIpc) is 2.54. The van der Waals surface area contributed by atoms with Gasteiger partial charge in [-0.1, -0.05) is 12.1 Å². The molecule has 0 aliphatic carbocycles. The maximum atomic E-state index is 12.2. The Labute approximate surface area is 145 Å². The number of nitro groups is 1. The minimum atomic E-state index is -3.63. The SMILES string of the molecule is CC(C)NS(=O)(=O)c1ccc(NC(=O)c2ccccc2[N+](=O)[O-])cc1. The van der Waals surface area contributed by atoms with Crippen LogP contribution in [-0.4, -0.2) is 25.3 Å². The van der Waals surface area contributed by atoms with Crippen molar-refractivity contribution >= 4 is 27.3 Å². The molecule has 25 heavy (non-hydrogen) atoms. The molecule has 0 bridgehead atoms. The summed E-state index contributed by atoms with van der Waals surface area (Å²) in [5.41, 5.74) is -0.0577. The van der Waals surface area contributed by atoms with Gasteiger partial charge in [-0.3, -0.25) is 14.9 Å². The second-order valence-electron chi connectivity index (χ2n) is 5.53. The highest BCUT2D eigenvalue weighted by atomic mass is 32.2. The number of sulfonamides is 1. The average molecular weight is 363 g/mol. The summed E-state index contributed by atoms with van der Waals surface area (Å²) in [5, 5.41) is 13.5. The molecule has 0 aliphatic rings. The van der Waals surface area contributed by atoms with Gasteiger partial charge in [0.1, 0.15) is 5.56 Å². The van der Waals surface area contributed by atoms with E-state index >= 15 is 0 Å². The largest absolute Gasteiger partial charge is 0.322 e. The van der Waals surface area contributed by atoms with Gasteiger partial charge in [0, 0.05) is 17.8 Å². The molecule has 9 heteroatoms. The summed E-state index contributed by atoms with van der Waals surface area (Å²) in [6, 6.07) is 10.9. The molecule has 0 fully saturated rings. The third-order valence-corrected chi connectivity index (χ3v) is 4.83. The fraction of sp³-hybridized carbons (Fsp3) is 0.188. The number of rotatable bonds is 6. The highest BCUT2D eigenvalue weighted by molar-refractivity contribution is 7.89. The van der Waals surface area contributed by atoms with Crippen molar-refractivity contribution in [1.82, 2.24) is 4.72 Å². The molecule has 0 heterocycles. The van der Waals surface area contributed by atoms with Gasteiger partial charge in [0.25, 0.3) is 11.6 Å². The normalized spacial score (nSPS) is 11.3. The third kappa shape index (κ3) is 4.61. The van der Waals surface area contributed by atoms with Crippen molar-refractivity contribution in [2.75, 3.05) is 5.32 Å². The lowest BCUT2D eigenvalue weighted by Gasteiger charge is -2.10. The van der Waals surface area contributed by atoms with Crippen molar-refractivity contribution < 1.29 is 18.1 Å². The van der Waals surface area contributed by atoms with Gasteiger partial charge in [0.05, 0.1) is 9.82 Å². The summed E-state index contributed by atoms with van der Waals surface area (Å²) < 4.78 is 26.5. The van der Waals surface area contributed by atoms with Crippen LogP contribution >= 0.6 is 0 Å². The Hall–Kier alpha value is -2.78. The fourth-order valence-corrected chi connectivity index (χ4v) is 3.37. The molecule has 0 atom stereocenters. The molecular weight excluding hydrogens is 346 g/mol. The summed E-state index contributed by atoms with van der Waals surface area (Å²) in [6.07, 6.45) is 0. The Bertz CT molecular complexity index is 892. The molecule has 0 spiro atoms. The number of para-hydroxylation sites is 1. The predicted molar refractivity (Wildman–Crippen MR) is 92.9 cm³/mol. The van der Waals surface area contributed by atoms with Crippen LogP contribution < -0.4 is 10.0 Å². The number of carbonyl (C=O) groups is 1. The van der Waals surface area contributed by atoms with E-state index in [-0.39, 0.29) is 22.2 Å². The van der Waals surface area contributed by atoms with E-state index in [0.717, 1.165) is 0 Å². The lowest BCUT2D eigenvalue weighted by molar-refractivity contribution is -0.385. The van der Waals surface area contributed by atoms with E-state index in [1.165, 1.54) is 48.5 Å². The topological polar surface area (TPSA) is 118 Å². The highest BCUT2D eigenvalue weighted by Crippen LogP contribution is 2.20. The fourth-order valence-electron chi connectivity index (χ4n) is 2.12. The highest BCUT2D eigenvalue weighted by Gasteiger charge is 2.20. The Morgan fingerprint density at radius 3 is 2.24 bits per heavy atom. The smallest absolute Gasteiger partial charge is 0.282 e. The molecule has 0 saturated heterocycles. The van der Waals surface area contributed by atoms with Crippen molar-refractivity contribution in [3.8, 4) is 0 Å². The molecule has 132 valence electrons. The first-order valence-corrected chi connectivity index (χ1v) is 8.86. The van der Waals surface area contributed by atoms with Crippen molar-refractivity contribution in [2.24, 2.45) is 0 Å². The molecule has 0 aliphatic heterocycles. The second-order valence-corrected chi connectivity index (χ2v) is 7.24. The number of amides is 1. The van der Waals surface area contributed by atoms with Crippen molar-refractivity contribution in [1.29, 1.82) is 0 Å². The lowest BCUT2D eigenvalue weighted by atomic mass is 10.1. The van der Waals surface area contributed by atoms with E-state index in [9.17, 15) is 23.3 Å². The van der Waals surface area contributed by atoms with Crippen LogP contribution in [0.15, 0.2) is 53.4 Å². The van der Waals surface area contributed by atoms with Gasteiger partial charge in [-0.2, -0.15) is 0 Å². The molecule has 0 saturated carbocycles. The van der Waals surface area contributed by atoms with Crippen LogP contribution in [0.1, 0.15) is 24.2 Å². The Balaban J connectivity index is 2.20. The van der Waals surface area contributed by atoms with Crippen LogP contribution in [0, 0.1) is 10.1 Å². The van der Waals surface area contributed by atoms with Crippen molar-refractivity contribution in [3.63, 3.8) is 0 Å². The number of hydrogen-bond donors (Lipinski definition) is 2. The molecule has 0 unspecified atom stereocenters. The van der Waals surface area contributed by atoms with Crippen LogP contribution in [0.4, 0.5) is 11.4 Å². The summed E-state index contributed by atoms with van der Waals surface area (Å²) in [4.78, 5) is 22.6. The minimum Gasteiger partial charge on any atom is -0.322 e. The predicted octanol–water partition coefficient (Wildman–Crippen LogP) is 2.53. The molecule has 2 N–H and O–H groups in total. The van der Waals surface area contributed by atoms with E-state index < -0.39 is 20.9 Å². The lowest BCUT2D eigenvalue weighted by Crippen LogP contribution is -2.30. The van der Waals surface area contributed by atoms with Crippen LogP contribution in [0.2, 0.25) is 0 Å². The zero-order chi connectivity index (χ0) is 18.6. The summed E-state index contributed by atoms with van der Waals surface area (Å²) in [5.74, 6) is -0.650. The first-order valence-electron chi connectivity index (χ1n) is 7.38. The minimum absolute atomic E-state index is 0.0601. The summed E-state index contributed by atoms with van der Waals surface area (Å²) in [7, 11) is -3.63. The van der Waals surface area contributed by atoms with Crippen molar-refractivity contribution in [3.05, 3.63) is 64.2 Å². The number of carbonyl (C=O) groups excluding carboxylic acids is 1. The van der Waals surface area contributed by atoms with E-state index in [1.807, 2.05) is 0 Å². The molecule has 0 aromatic heterocycles. The van der Waals surface area contributed by atoms with Gasteiger partial charge in [0.2, 0.25) is 10.0 Å². The molecule has 2 aromatic carbocycles. The van der Waals surface area contributed by atoms with E-state index in [4.69, 9.17) is 0 Å². The van der Waals surface area contributed by atoms with Gasteiger partial charge in [-0.25, -0.2) is 13.1 Å². The van der Waals surface area contributed by atoms with Crippen LogP contribution in [0.3, 0.4) is 0 Å². The van der Waals surface area contributed by atoms with Gasteiger partial charge in [0.15, 0.2) is 0 Å². The maximum Gasteiger partial charge on any atom is 0.282 e. The summed E-state index contributed by atoms with van der Waals surface area (Å²) in [6.45, 7) is 3.41. The van der Waals surface area contributed by atoms with E-state index in [2.05, 4.69) is 10.0 Å². The third-order valence-electron chi connectivity index (χ3n) is 3.16. The second kappa shape index (κ2) is 7.41. The molecule has 8 nitrogen and oxygen atoms in total. The van der Waals surface area contributed by atoms with E-state index in [0.29, 0.717) is 5.69 Å². The Morgan fingerprint density at radius 1 is 1.08 bits per heavy atom. The van der Waals surface area contributed by atoms with Gasteiger partial charge < -0.3 is 5.32 Å². The monoisotopic (exact) mass is 363 g/mol. The van der Waals surface area contributed by atoms with Gasteiger partial charge >= 0.3 is 0 Å². The first kappa shape index (κ1) is 18.6. The standard InChI is InChI=1S/C16H17N3O5S/c1-11(2)18-25(23,24)13-9-7-12(8-10-13)17-16(20)14-5-3-4-6-15(14)19(21)22/h3-11,18H,1-2H3,(H,17,20). The quantitative estimate of drug-likeness (QED) is 0.604. The Morgan fingerprint density at radius 2 is 1.68 bits per heavy atom. The van der Waals surface area contributed by atoms with Crippen LogP contribution in [-0.2, 0) is 10.0 Å². The number of nitrogens with one attached hydrogen (secondary N) is 2. The Kier molecular flexibility index (Phi) is 5.50. The van der Waals surface area contributed by atoms with Gasteiger partial charge in [-0.15, -0.1) is 0 Å². The number of benzene rings is 2. The molecular formula is C16H17N3O5S. The number of anilines is 1. The zero-order valence-electron chi connectivity index (χ0n) is 13.6. The first-order chi connectivity index (χ1) is 11.7. The molecule has 0 radical (unpaired) electrons. The zero-order valence-corrected chi connectivity index (χ0v) is 14.4.